The zero-order valence-electron chi connectivity index (χ0n) is 16.7. The van der Waals surface area contributed by atoms with Crippen LogP contribution in [0.2, 0.25) is 0 Å². The van der Waals surface area contributed by atoms with Gasteiger partial charge in [0.15, 0.2) is 0 Å². The quantitative estimate of drug-likeness (QED) is 0.661. The van der Waals surface area contributed by atoms with Crippen LogP contribution in [0.15, 0.2) is 72.8 Å². The first-order chi connectivity index (χ1) is 13.7. The van der Waals surface area contributed by atoms with Crippen LogP contribution in [0.1, 0.15) is 21.5 Å². The Hall–Kier alpha value is -3.12. The molecular formula is C23H24N2O3S. The molecule has 0 atom stereocenters. The summed E-state index contributed by atoms with van der Waals surface area (Å²) in [6, 6.07) is 23.1. The molecule has 5 nitrogen and oxygen atoms in total. The molecule has 29 heavy (non-hydrogen) atoms. The summed E-state index contributed by atoms with van der Waals surface area (Å²) < 4.78 is 25.6. The van der Waals surface area contributed by atoms with Crippen molar-refractivity contribution >= 4 is 21.6 Å². The minimum Gasteiger partial charge on any atom is -0.337 e. The molecule has 0 aliphatic heterocycles. The monoisotopic (exact) mass is 408 g/mol. The molecule has 0 unspecified atom stereocenters. The van der Waals surface area contributed by atoms with Crippen molar-refractivity contribution in [2.45, 2.75) is 13.5 Å². The predicted molar refractivity (Wildman–Crippen MR) is 117 cm³/mol. The number of carbonyl (C=O) groups is 1. The summed E-state index contributed by atoms with van der Waals surface area (Å²) in [4.78, 5) is 14.6. The normalized spacial score (nSPS) is 11.1. The van der Waals surface area contributed by atoms with Crippen molar-refractivity contribution in [3.63, 3.8) is 0 Å². The van der Waals surface area contributed by atoms with E-state index >= 15 is 0 Å². The lowest BCUT2D eigenvalue weighted by Crippen LogP contribution is -2.26. The summed E-state index contributed by atoms with van der Waals surface area (Å²) in [6.07, 6.45) is 1.09. The summed E-state index contributed by atoms with van der Waals surface area (Å²) in [6.45, 7) is 2.23. The van der Waals surface area contributed by atoms with E-state index in [9.17, 15) is 13.2 Å². The Balaban J connectivity index is 1.85. The zero-order valence-corrected chi connectivity index (χ0v) is 17.5. The molecule has 0 radical (unpaired) electrons. The lowest BCUT2D eigenvalue weighted by molar-refractivity contribution is 0.0785. The van der Waals surface area contributed by atoms with Crippen molar-refractivity contribution in [3.8, 4) is 11.1 Å². The van der Waals surface area contributed by atoms with Crippen molar-refractivity contribution in [3.05, 3.63) is 89.5 Å². The lowest BCUT2D eigenvalue weighted by Gasteiger charge is -2.20. The molecule has 6 heteroatoms. The highest BCUT2D eigenvalue weighted by molar-refractivity contribution is 7.92. The summed E-state index contributed by atoms with van der Waals surface area (Å²) in [7, 11) is -1.68. The maximum atomic E-state index is 13.0. The highest BCUT2D eigenvalue weighted by atomic mass is 32.2. The van der Waals surface area contributed by atoms with Gasteiger partial charge in [-0.2, -0.15) is 0 Å². The molecule has 0 aromatic heterocycles. The van der Waals surface area contributed by atoms with Crippen LogP contribution in [0.4, 0.5) is 5.69 Å². The fourth-order valence-electron chi connectivity index (χ4n) is 3.17. The minimum absolute atomic E-state index is 0.176. The number of sulfonamides is 1. The maximum Gasteiger partial charge on any atom is 0.253 e. The van der Waals surface area contributed by atoms with Gasteiger partial charge in [0.05, 0.1) is 11.9 Å². The minimum atomic E-state index is -3.42. The second-order valence-corrected chi connectivity index (χ2v) is 8.84. The lowest BCUT2D eigenvalue weighted by atomic mass is 9.99. The highest BCUT2D eigenvalue weighted by Crippen LogP contribution is 2.25. The first kappa shape index (κ1) is 20.6. The van der Waals surface area contributed by atoms with E-state index in [-0.39, 0.29) is 5.91 Å². The van der Waals surface area contributed by atoms with E-state index in [0.29, 0.717) is 17.8 Å². The van der Waals surface area contributed by atoms with E-state index in [4.69, 9.17) is 0 Å². The van der Waals surface area contributed by atoms with E-state index in [0.717, 1.165) is 28.5 Å². The molecular weight excluding hydrogens is 384 g/mol. The van der Waals surface area contributed by atoms with Crippen molar-refractivity contribution < 1.29 is 13.2 Å². The van der Waals surface area contributed by atoms with Crippen LogP contribution in [0, 0.1) is 6.92 Å². The van der Waals surface area contributed by atoms with Crippen LogP contribution in [-0.4, -0.2) is 32.5 Å². The number of carbonyl (C=O) groups excluding carboxylic acids is 1. The average molecular weight is 409 g/mol. The molecule has 0 saturated carbocycles. The third-order valence-corrected chi connectivity index (χ3v) is 5.23. The number of anilines is 1. The van der Waals surface area contributed by atoms with E-state index in [1.807, 2.05) is 54.6 Å². The van der Waals surface area contributed by atoms with Gasteiger partial charge in [0.1, 0.15) is 0 Å². The van der Waals surface area contributed by atoms with Gasteiger partial charge >= 0.3 is 0 Å². The molecule has 1 N–H and O–H groups in total. The second kappa shape index (κ2) is 8.49. The van der Waals surface area contributed by atoms with Crippen LogP contribution in [-0.2, 0) is 16.6 Å². The molecule has 0 aliphatic rings. The Kier molecular flexibility index (Phi) is 6.03. The Morgan fingerprint density at radius 2 is 1.62 bits per heavy atom. The van der Waals surface area contributed by atoms with Crippen molar-refractivity contribution in [2.75, 3.05) is 18.0 Å². The van der Waals surface area contributed by atoms with Gasteiger partial charge in [0.2, 0.25) is 10.0 Å². The Morgan fingerprint density at radius 3 is 2.31 bits per heavy atom. The molecule has 0 heterocycles. The third kappa shape index (κ3) is 5.23. The number of aryl methyl sites for hydroxylation is 1. The first-order valence-electron chi connectivity index (χ1n) is 9.22. The SMILES string of the molecule is Cc1ccc(C(=O)N(C)Cc2ccccc2-c2ccccc2)cc1NS(C)(=O)=O. The van der Waals surface area contributed by atoms with Gasteiger partial charge in [0, 0.05) is 19.2 Å². The van der Waals surface area contributed by atoms with Crippen molar-refractivity contribution in [2.24, 2.45) is 0 Å². The Bertz CT molecular complexity index is 1130. The predicted octanol–water partition coefficient (Wildman–Crippen LogP) is 4.31. The number of rotatable bonds is 6. The topological polar surface area (TPSA) is 66.5 Å². The molecule has 150 valence electrons. The molecule has 3 aromatic rings. The standard InChI is InChI=1S/C23H24N2O3S/c1-17-13-14-19(15-22(17)24-29(3,27)28)23(26)25(2)16-20-11-7-8-12-21(20)18-9-5-4-6-10-18/h4-15,24H,16H2,1-3H3. The molecule has 3 rings (SSSR count). The van der Waals surface area contributed by atoms with Crippen molar-refractivity contribution in [1.29, 1.82) is 0 Å². The van der Waals surface area contributed by atoms with E-state index < -0.39 is 10.0 Å². The summed E-state index contributed by atoms with van der Waals surface area (Å²) in [5, 5.41) is 0. The van der Waals surface area contributed by atoms with Gasteiger partial charge in [0.25, 0.3) is 5.91 Å². The molecule has 0 spiro atoms. The largest absolute Gasteiger partial charge is 0.337 e. The first-order valence-corrected chi connectivity index (χ1v) is 11.1. The van der Waals surface area contributed by atoms with Crippen LogP contribution >= 0.6 is 0 Å². The highest BCUT2D eigenvalue weighted by Gasteiger charge is 2.16. The number of hydrogen-bond donors (Lipinski definition) is 1. The number of amides is 1. The van der Waals surface area contributed by atoms with Crippen LogP contribution < -0.4 is 4.72 Å². The van der Waals surface area contributed by atoms with Crippen LogP contribution in [0.3, 0.4) is 0 Å². The van der Waals surface area contributed by atoms with Gasteiger partial charge in [-0.1, -0.05) is 60.7 Å². The van der Waals surface area contributed by atoms with Gasteiger partial charge in [-0.3, -0.25) is 9.52 Å². The van der Waals surface area contributed by atoms with Gasteiger partial charge in [-0.05, 0) is 41.3 Å². The van der Waals surface area contributed by atoms with Gasteiger partial charge in [-0.25, -0.2) is 8.42 Å². The van der Waals surface area contributed by atoms with E-state index in [2.05, 4.69) is 4.72 Å². The number of nitrogens with zero attached hydrogens (tertiary/aromatic N) is 1. The van der Waals surface area contributed by atoms with Gasteiger partial charge in [-0.15, -0.1) is 0 Å². The smallest absolute Gasteiger partial charge is 0.253 e. The van der Waals surface area contributed by atoms with Crippen LogP contribution in [0.25, 0.3) is 11.1 Å². The fourth-order valence-corrected chi connectivity index (χ4v) is 3.79. The van der Waals surface area contributed by atoms with Gasteiger partial charge < -0.3 is 4.90 Å². The van der Waals surface area contributed by atoms with Crippen molar-refractivity contribution in [1.82, 2.24) is 4.90 Å². The number of hydrogen-bond acceptors (Lipinski definition) is 3. The second-order valence-electron chi connectivity index (χ2n) is 7.09. The third-order valence-electron chi connectivity index (χ3n) is 4.64. The van der Waals surface area contributed by atoms with E-state index in [1.54, 1.807) is 37.1 Å². The van der Waals surface area contributed by atoms with E-state index in [1.165, 1.54) is 0 Å². The molecule has 0 bridgehead atoms. The Labute approximate surface area is 172 Å². The number of benzene rings is 3. The fraction of sp³-hybridized carbons (Fsp3) is 0.174. The average Bonchev–Trinajstić information content (AvgIpc) is 2.69. The summed E-state index contributed by atoms with van der Waals surface area (Å²) in [5.41, 5.74) is 4.81. The molecule has 1 amide bonds. The number of nitrogens with one attached hydrogen (secondary N) is 1. The molecule has 3 aromatic carbocycles. The molecule has 0 saturated heterocycles. The Morgan fingerprint density at radius 1 is 0.966 bits per heavy atom. The zero-order chi connectivity index (χ0) is 21.0. The molecule has 0 fully saturated rings. The summed E-state index contributed by atoms with van der Waals surface area (Å²) >= 11 is 0. The summed E-state index contributed by atoms with van der Waals surface area (Å²) in [5.74, 6) is -0.176. The maximum absolute atomic E-state index is 13.0. The van der Waals surface area contributed by atoms with Crippen LogP contribution in [0.5, 0.6) is 0 Å². The molecule has 0 aliphatic carbocycles.